The van der Waals surface area contributed by atoms with Gasteiger partial charge in [0.15, 0.2) is 5.71 Å². The van der Waals surface area contributed by atoms with Crippen LogP contribution in [0.25, 0.3) is 0 Å². The largest absolute Gasteiger partial charge is 0.344 e. The van der Waals surface area contributed by atoms with Gasteiger partial charge in [-0.25, -0.2) is 0 Å². The first-order chi connectivity index (χ1) is 18.4. The van der Waals surface area contributed by atoms with Gasteiger partial charge in [0.1, 0.15) is 6.54 Å². The van der Waals surface area contributed by atoms with Crippen LogP contribution >= 0.6 is 0 Å². The van der Waals surface area contributed by atoms with E-state index < -0.39 is 10.8 Å². The van der Waals surface area contributed by atoms with Gasteiger partial charge in [0, 0.05) is 71.7 Å². The molecule has 2 heterocycles. The Morgan fingerprint density at radius 2 is 1.49 bits per heavy atom. The SMILES string of the molecule is CCCCN1C(=CC=CC2=[N+](CCCC)c3ccc([N+](=O)[O-])cc3C2(C)C)C(C)(C)c2cc([N+](=O)[O-])ccc21. The van der Waals surface area contributed by atoms with Gasteiger partial charge < -0.3 is 4.90 Å². The van der Waals surface area contributed by atoms with E-state index in [0.29, 0.717) is 0 Å². The molecule has 2 aliphatic rings. The number of rotatable bonds is 10. The molecule has 0 bridgehead atoms. The van der Waals surface area contributed by atoms with Gasteiger partial charge in [0.05, 0.1) is 15.3 Å². The van der Waals surface area contributed by atoms with Crippen molar-refractivity contribution in [2.45, 2.75) is 78.1 Å². The molecule has 0 unspecified atom stereocenters. The molecule has 0 radical (unpaired) electrons. The van der Waals surface area contributed by atoms with Gasteiger partial charge in [-0.05, 0) is 38.0 Å². The second kappa shape index (κ2) is 10.8. The van der Waals surface area contributed by atoms with E-state index in [1.807, 2.05) is 12.1 Å². The number of unbranched alkanes of at least 4 members (excludes halogenated alkanes) is 2. The first-order valence-electron chi connectivity index (χ1n) is 13.8. The van der Waals surface area contributed by atoms with Crippen molar-refractivity contribution in [3.63, 3.8) is 0 Å². The number of anilines is 1. The third-order valence-corrected chi connectivity index (χ3v) is 8.15. The number of hydrogen-bond donors (Lipinski definition) is 0. The smallest absolute Gasteiger partial charge is 0.270 e. The molecule has 206 valence electrons. The third-order valence-electron chi connectivity index (χ3n) is 8.15. The fraction of sp³-hybridized carbons (Fsp3) is 0.452. The van der Waals surface area contributed by atoms with E-state index in [0.717, 1.165) is 72.7 Å². The van der Waals surface area contributed by atoms with Crippen molar-refractivity contribution < 1.29 is 14.4 Å². The average molecular weight is 532 g/mol. The predicted molar refractivity (Wildman–Crippen MR) is 156 cm³/mol. The fourth-order valence-electron chi connectivity index (χ4n) is 5.90. The fourth-order valence-corrected chi connectivity index (χ4v) is 5.90. The van der Waals surface area contributed by atoms with E-state index in [4.69, 9.17) is 0 Å². The van der Waals surface area contributed by atoms with Gasteiger partial charge in [-0.3, -0.25) is 20.2 Å². The maximum absolute atomic E-state index is 11.5. The van der Waals surface area contributed by atoms with Crippen LogP contribution in [0.3, 0.4) is 0 Å². The van der Waals surface area contributed by atoms with Gasteiger partial charge in [-0.15, -0.1) is 0 Å². The summed E-state index contributed by atoms with van der Waals surface area (Å²) in [6.45, 7) is 14.5. The molecule has 2 aromatic carbocycles. The molecule has 8 nitrogen and oxygen atoms in total. The lowest BCUT2D eigenvalue weighted by molar-refractivity contribution is -0.438. The molecule has 0 saturated heterocycles. The van der Waals surface area contributed by atoms with E-state index >= 15 is 0 Å². The lowest BCUT2D eigenvalue weighted by atomic mass is 9.81. The normalized spacial score (nSPS) is 18.2. The second-order valence-electron chi connectivity index (χ2n) is 11.5. The number of hydrogen-bond acceptors (Lipinski definition) is 5. The molecule has 39 heavy (non-hydrogen) atoms. The highest BCUT2D eigenvalue weighted by Gasteiger charge is 2.45. The Morgan fingerprint density at radius 3 is 2.10 bits per heavy atom. The number of benzene rings is 2. The summed E-state index contributed by atoms with van der Waals surface area (Å²) >= 11 is 0. The topological polar surface area (TPSA) is 92.5 Å². The molecular formula is C31H39N4O4+. The van der Waals surface area contributed by atoms with Crippen LogP contribution in [0.15, 0.2) is 60.3 Å². The van der Waals surface area contributed by atoms with Crippen molar-refractivity contribution in [3.05, 3.63) is 91.7 Å². The number of nitro groups is 2. The first-order valence-corrected chi connectivity index (χ1v) is 13.8. The van der Waals surface area contributed by atoms with E-state index in [2.05, 4.69) is 69.2 Å². The van der Waals surface area contributed by atoms with Crippen LogP contribution in [0.1, 0.15) is 78.4 Å². The average Bonchev–Trinajstić information content (AvgIpc) is 3.24. The molecule has 0 aromatic heterocycles. The van der Waals surface area contributed by atoms with Crippen LogP contribution in [-0.2, 0) is 10.8 Å². The number of nitrogens with zero attached hydrogens (tertiary/aromatic N) is 4. The van der Waals surface area contributed by atoms with Gasteiger partial charge in [0.2, 0.25) is 5.69 Å². The molecule has 0 atom stereocenters. The quantitative estimate of drug-likeness (QED) is 0.178. The number of fused-ring (bicyclic) bond motifs is 2. The number of non-ortho nitro benzene ring substituents is 2. The Morgan fingerprint density at radius 1 is 0.872 bits per heavy atom. The van der Waals surface area contributed by atoms with Crippen molar-refractivity contribution in [3.8, 4) is 0 Å². The van der Waals surface area contributed by atoms with Crippen molar-refractivity contribution in [2.24, 2.45) is 0 Å². The molecule has 2 aliphatic heterocycles. The van der Waals surface area contributed by atoms with Crippen molar-refractivity contribution >= 4 is 28.5 Å². The third kappa shape index (κ3) is 5.00. The minimum absolute atomic E-state index is 0.107. The Bertz CT molecular complexity index is 1400. The van der Waals surface area contributed by atoms with Gasteiger partial charge in [0.25, 0.3) is 11.4 Å². The summed E-state index contributed by atoms with van der Waals surface area (Å²) in [6.07, 6.45) is 10.5. The molecule has 2 aromatic rings. The molecule has 0 amide bonds. The van der Waals surface area contributed by atoms with E-state index in [1.54, 1.807) is 24.3 Å². The summed E-state index contributed by atoms with van der Waals surface area (Å²) < 4.78 is 2.30. The molecule has 0 spiro atoms. The lowest BCUT2D eigenvalue weighted by Gasteiger charge is -2.27. The van der Waals surface area contributed by atoms with Crippen LogP contribution in [-0.4, -0.2) is 33.2 Å². The highest BCUT2D eigenvalue weighted by atomic mass is 16.6. The highest BCUT2D eigenvalue weighted by molar-refractivity contribution is 6.03. The zero-order chi connectivity index (χ0) is 28.5. The Hall–Kier alpha value is -3.81. The number of allylic oxidation sites excluding steroid dienone is 4. The van der Waals surface area contributed by atoms with Crippen molar-refractivity contribution in [2.75, 3.05) is 18.0 Å². The summed E-state index contributed by atoms with van der Waals surface area (Å²) in [4.78, 5) is 24.6. The van der Waals surface area contributed by atoms with E-state index in [9.17, 15) is 20.2 Å². The summed E-state index contributed by atoms with van der Waals surface area (Å²) in [5, 5.41) is 23.0. The Labute approximate surface area is 230 Å². The molecule has 0 N–H and O–H groups in total. The summed E-state index contributed by atoms with van der Waals surface area (Å²) in [7, 11) is 0. The minimum atomic E-state index is -0.402. The standard InChI is InChI=1S/C31H39N4O4/c1-7-9-18-32-26-16-14-22(34(36)37)20-24(26)30(3,4)28(32)12-11-13-29-31(5,6)25-21-23(35(38)39)15-17-27(25)33(29)19-10-8-2/h11-17,20-21H,7-10,18-19H2,1-6H3/q+1. The molecule has 0 fully saturated rings. The van der Waals surface area contributed by atoms with Gasteiger partial charge >= 0.3 is 0 Å². The lowest BCUT2D eigenvalue weighted by Crippen LogP contribution is -2.28. The second-order valence-corrected chi connectivity index (χ2v) is 11.5. The highest BCUT2D eigenvalue weighted by Crippen LogP contribution is 2.49. The van der Waals surface area contributed by atoms with Crippen LogP contribution in [0.2, 0.25) is 0 Å². The maximum Gasteiger partial charge on any atom is 0.270 e. The van der Waals surface area contributed by atoms with Crippen LogP contribution in [0.5, 0.6) is 0 Å². The van der Waals surface area contributed by atoms with Crippen LogP contribution < -0.4 is 4.90 Å². The van der Waals surface area contributed by atoms with Crippen LogP contribution in [0, 0.1) is 20.2 Å². The molecule has 0 saturated carbocycles. The minimum Gasteiger partial charge on any atom is -0.344 e. The number of nitro benzene ring substituents is 2. The molecule has 0 aliphatic carbocycles. The van der Waals surface area contributed by atoms with E-state index in [1.165, 1.54) is 0 Å². The Balaban J connectivity index is 1.78. The Kier molecular flexibility index (Phi) is 7.77. The predicted octanol–water partition coefficient (Wildman–Crippen LogP) is 7.72. The monoisotopic (exact) mass is 531 g/mol. The summed E-state index contributed by atoms with van der Waals surface area (Å²) in [5.41, 5.74) is 5.60. The van der Waals surface area contributed by atoms with Crippen molar-refractivity contribution in [1.82, 2.24) is 0 Å². The van der Waals surface area contributed by atoms with Gasteiger partial charge in [-0.2, -0.15) is 4.58 Å². The van der Waals surface area contributed by atoms with Crippen LogP contribution in [0.4, 0.5) is 22.7 Å². The molecule has 4 rings (SSSR count). The first kappa shape index (κ1) is 28.2. The summed E-state index contributed by atoms with van der Waals surface area (Å²) in [6, 6.07) is 10.4. The summed E-state index contributed by atoms with van der Waals surface area (Å²) in [5.74, 6) is 0. The van der Waals surface area contributed by atoms with E-state index in [-0.39, 0.29) is 21.2 Å². The zero-order valence-electron chi connectivity index (χ0n) is 23.9. The molecular weight excluding hydrogens is 492 g/mol. The van der Waals surface area contributed by atoms with Gasteiger partial charge in [-0.1, -0.05) is 46.6 Å². The zero-order valence-corrected chi connectivity index (χ0v) is 23.9. The van der Waals surface area contributed by atoms with Crippen molar-refractivity contribution in [1.29, 1.82) is 0 Å². The maximum atomic E-state index is 11.5. The molecule has 8 heteroatoms.